The van der Waals surface area contributed by atoms with Crippen LogP contribution in [0.3, 0.4) is 0 Å². The first kappa shape index (κ1) is 19.0. The molecule has 0 aliphatic rings. The van der Waals surface area contributed by atoms with Gasteiger partial charge in [0.05, 0.1) is 18.3 Å². The molecule has 3 rings (SSSR count). The fourth-order valence-corrected chi connectivity index (χ4v) is 3.36. The number of carbonyl (C=O) groups excluding carboxylic acids is 1. The van der Waals surface area contributed by atoms with Crippen LogP contribution in [0.1, 0.15) is 24.1 Å². The quantitative estimate of drug-likeness (QED) is 0.585. The first-order chi connectivity index (χ1) is 13.0. The van der Waals surface area contributed by atoms with Crippen molar-refractivity contribution in [3.05, 3.63) is 71.5 Å². The van der Waals surface area contributed by atoms with Crippen LogP contribution in [0.4, 0.5) is 4.39 Å². The minimum absolute atomic E-state index is 0.0499. The molecule has 0 fully saturated rings. The number of carbonyl (C=O) groups is 1. The third kappa shape index (κ3) is 4.91. The van der Waals surface area contributed by atoms with Crippen molar-refractivity contribution >= 4 is 17.7 Å². The van der Waals surface area contributed by atoms with E-state index < -0.39 is 0 Å². The summed E-state index contributed by atoms with van der Waals surface area (Å²) in [7, 11) is 1.74. The maximum Gasteiger partial charge on any atom is 0.233 e. The summed E-state index contributed by atoms with van der Waals surface area (Å²) in [6.45, 7) is 2.46. The van der Waals surface area contributed by atoms with Gasteiger partial charge in [0.2, 0.25) is 11.1 Å². The fraction of sp³-hybridized carbons (Fsp3) is 0.263. The molecule has 2 aromatic carbocycles. The summed E-state index contributed by atoms with van der Waals surface area (Å²) in [6, 6.07) is 15.9. The molecule has 0 saturated carbocycles. The number of benzene rings is 2. The first-order valence-electron chi connectivity index (χ1n) is 8.48. The van der Waals surface area contributed by atoms with Crippen molar-refractivity contribution in [3.63, 3.8) is 0 Å². The molecule has 1 amide bonds. The molecule has 1 unspecified atom stereocenters. The van der Waals surface area contributed by atoms with E-state index in [1.54, 1.807) is 28.8 Å². The molecule has 0 bridgehead atoms. The molecular formula is C19H20FN5OS. The largest absolute Gasteiger partial charge is 0.338 e. The monoisotopic (exact) mass is 385 g/mol. The number of rotatable bonds is 7. The molecule has 1 heterocycles. The van der Waals surface area contributed by atoms with Gasteiger partial charge >= 0.3 is 0 Å². The smallest absolute Gasteiger partial charge is 0.233 e. The Labute approximate surface area is 161 Å². The van der Waals surface area contributed by atoms with Gasteiger partial charge < -0.3 is 4.90 Å². The van der Waals surface area contributed by atoms with E-state index in [2.05, 4.69) is 15.5 Å². The summed E-state index contributed by atoms with van der Waals surface area (Å²) in [5, 5.41) is 12.3. The number of halogens is 1. The lowest BCUT2D eigenvalue weighted by Gasteiger charge is -2.25. The van der Waals surface area contributed by atoms with Crippen molar-refractivity contribution in [2.45, 2.75) is 24.7 Å². The molecule has 8 heteroatoms. The van der Waals surface area contributed by atoms with Crippen LogP contribution in [0.5, 0.6) is 0 Å². The summed E-state index contributed by atoms with van der Waals surface area (Å²) < 4.78 is 14.8. The molecule has 1 aromatic heterocycles. The van der Waals surface area contributed by atoms with Crippen LogP contribution in [0, 0.1) is 5.82 Å². The van der Waals surface area contributed by atoms with E-state index in [1.165, 1.54) is 23.9 Å². The number of aromatic nitrogens is 4. The van der Waals surface area contributed by atoms with E-state index in [9.17, 15) is 9.18 Å². The molecule has 0 aliphatic heterocycles. The fourth-order valence-electron chi connectivity index (χ4n) is 2.56. The van der Waals surface area contributed by atoms with Crippen LogP contribution in [0.25, 0.3) is 0 Å². The maximum atomic E-state index is 13.1. The number of thioether (sulfide) groups is 1. The van der Waals surface area contributed by atoms with Crippen LogP contribution >= 0.6 is 11.8 Å². The molecule has 6 nitrogen and oxygen atoms in total. The predicted octanol–water partition coefficient (Wildman–Crippen LogP) is 3.17. The average molecular weight is 385 g/mol. The molecule has 0 aliphatic carbocycles. The summed E-state index contributed by atoms with van der Waals surface area (Å²) >= 11 is 1.30. The molecule has 0 radical (unpaired) electrons. The van der Waals surface area contributed by atoms with Gasteiger partial charge in [-0.05, 0) is 40.6 Å². The number of hydrogen-bond donors (Lipinski definition) is 0. The highest BCUT2D eigenvalue weighted by Gasteiger charge is 2.19. The highest BCUT2D eigenvalue weighted by atomic mass is 32.2. The third-order valence-corrected chi connectivity index (χ3v) is 5.27. The minimum Gasteiger partial charge on any atom is -0.338 e. The number of amides is 1. The molecule has 1 atom stereocenters. The second kappa shape index (κ2) is 8.77. The Bertz CT molecular complexity index is 885. The van der Waals surface area contributed by atoms with Gasteiger partial charge in [0.1, 0.15) is 5.82 Å². The molecule has 0 N–H and O–H groups in total. The zero-order chi connectivity index (χ0) is 19.2. The van der Waals surface area contributed by atoms with Crippen molar-refractivity contribution in [3.8, 4) is 0 Å². The van der Waals surface area contributed by atoms with Gasteiger partial charge in [-0.15, -0.1) is 5.10 Å². The van der Waals surface area contributed by atoms with Gasteiger partial charge in [-0.3, -0.25) is 4.79 Å². The van der Waals surface area contributed by atoms with Gasteiger partial charge in [0.15, 0.2) is 0 Å². The van der Waals surface area contributed by atoms with Gasteiger partial charge in [-0.2, -0.15) is 0 Å². The lowest BCUT2D eigenvalue weighted by atomic mass is 10.1. The second-order valence-electron chi connectivity index (χ2n) is 6.13. The molecule has 0 saturated heterocycles. The zero-order valence-corrected chi connectivity index (χ0v) is 15.9. The van der Waals surface area contributed by atoms with Crippen LogP contribution in [0.2, 0.25) is 0 Å². The first-order valence-corrected chi connectivity index (χ1v) is 9.47. The van der Waals surface area contributed by atoms with E-state index in [-0.39, 0.29) is 23.5 Å². The Hall–Kier alpha value is -2.74. The normalized spacial score (nSPS) is 12.0. The van der Waals surface area contributed by atoms with E-state index >= 15 is 0 Å². The minimum atomic E-state index is -0.291. The van der Waals surface area contributed by atoms with Crippen molar-refractivity contribution in [2.24, 2.45) is 0 Å². The SMILES string of the molecule is CC(c1ccc(F)cc1)N(C)C(=O)CSc1nnnn1Cc1ccccc1. The number of hydrogen-bond acceptors (Lipinski definition) is 5. The van der Waals surface area contributed by atoms with Gasteiger partial charge in [-0.25, -0.2) is 9.07 Å². The van der Waals surface area contributed by atoms with Crippen molar-refractivity contribution in [1.82, 2.24) is 25.1 Å². The highest BCUT2D eigenvalue weighted by Crippen LogP contribution is 2.22. The van der Waals surface area contributed by atoms with Gasteiger partial charge in [0.25, 0.3) is 0 Å². The summed E-state index contributed by atoms with van der Waals surface area (Å²) in [4.78, 5) is 14.2. The lowest BCUT2D eigenvalue weighted by Crippen LogP contribution is -2.31. The zero-order valence-electron chi connectivity index (χ0n) is 15.1. The lowest BCUT2D eigenvalue weighted by molar-refractivity contribution is -0.128. The second-order valence-corrected chi connectivity index (χ2v) is 7.07. The van der Waals surface area contributed by atoms with E-state index in [1.807, 2.05) is 37.3 Å². The average Bonchev–Trinajstić information content (AvgIpc) is 3.13. The van der Waals surface area contributed by atoms with E-state index in [0.717, 1.165) is 11.1 Å². The Morgan fingerprint density at radius 1 is 1.19 bits per heavy atom. The Balaban J connectivity index is 1.59. The predicted molar refractivity (Wildman–Crippen MR) is 102 cm³/mol. The van der Waals surface area contributed by atoms with Gasteiger partial charge in [-0.1, -0.05) is 54.2 Å². The van der Waals surface area contributed by atoms with Gasteiger partial charge in [0, 0.05) is 7.05 Å². The molecule has 3 aromatic rings. The molecular weight excluding hydrogens is 365 g/mol. The topological polar surface area (TPSA) is 63.9 Å². The Kier molecular flexibility index (Phi) is 6.18. The summed E-state index contributed by atoms with van der Waals surface area (Å²) in [5.74, 6) is -0.121. The molecule has 140 valence electrons. The summed E-state index contributed by atoms with van der Waals surface area (Å²) in [6.07, 6.45) is 0. The molecule has 0 spiro atoms. The highest BCUT2D eigenvalue weighted by molar-refractivity contribution is 7.99. The van der Waals surface area contributed by atoms with E-state index in [0.29, 0.717) is 11.7 Å². The van der Waals surface area contributed by atoms with Crippen LogP contribution in [-0.4, -0.2) is 43.8 Å². The van der Waals surface area contributed by atoms with Crippen molar-refractivity contribution in [2.75, 3.05) is 12.8 Å². The maximum absolute atomic E-state index is 13.1. The van der Waals surface area contributed by atoms with Crippen LogP contribution in [0.15, 0.2) is 59.8 Å². The van der Waals surface area contributed by atoms with Crippen molar-refractivity contribution < 1.29 is 9.18 Å². The Morgan fingerprint density at radius 2 is 1.89 bits per heavy atom. The number of nitrogens with zero attached hydrogens (tertiary/aromatic N) is 5. The third-order valence-electron chi connectivity index (χ3n) is 4.33. The van der Waals surface area contributed by atoms with Crippen LogP contribution in [-0.2, 0) is 11.3 Å². The standard InChI is InChI=1S/C19H20FN5OS/c1-14(16-8-10-17(20)11-9-16)24(2)18(26)13-27-19-21-22-23-25(19)12-15-6-4-3-5-7-15/h3-11,14H,12-13H2,1-2H3. The number of tetrazole rings is 1. The summed E-state index contributed by atoms with van der Waals surface area (Å²) in [5.41, 5.74) is 1.96. The van der Waals surface area contributed by atoms with Crippen molar-refractivity contribution in [1.29, 1.82) is 0 Å². The Morgan fingerprint density at radius 3 is 2.59 bits per heavy atom. The van der Waals surface area contributed by atoms with Crippen LogP contribution < -0.4 is 0 Å². The molecule has 27 heavy (non-hydrogen) atoms. The van der Waals surface area contributed by atoms with E-state index in [4.69, 9.17) is 0 Å².